The molecule has 0 atom stereocenters. The quantitative estimate of drug-likeness (QED) is 0.494. The number of hydrogen-bond donors (Lipinski definition) is 1. The molecular weight excluding hydrogens is 456 g/mol. The number of anilines is 1. The topological polar surface area (TPSA) is 85.4 Å². The summed E-state index contributed by atoms with van der Waals surface area (Å²) in [5.41, 5.74) is 1.38. The first-order valence-electron chi connectivity index (χ1n) is 11.1. The van der Waals surface area contributed by atoms with Gasteiger partial charge in [-0.25, -0.2) is 4.98 Å². The minimum Gasteiger partial charge on any atom is -0.493 e. The van der Waals surface area contributed by atoms with Gasteiger partial charge in [0.05, 0.1) is 33.1 Å². The molecule has 10 heteroatoms. The maximum Gasteiger partial charge on any atom is 0.251 e. The van der Waals surface area contributed by atoms with Crippen LogP contribution in [0.4, 0.5) is 5.13 Å². The predicted molar refractivity (Wildman–Crippen MR) is 133 cm³/mol. The van der Waals surface area contributed by atoms with E-state index in [2.05, 4.69) is 15.1 Å². The number of benzene rings is 2. The van der Waals surface area contributed by atoms with Crippen molar-refractivity contribution in [3.63, 3.8) is 0 Å². The number of carbonyl (C=O) groups excluding carboxylic acids is 1. The minimum atomic E-state index is -0.126. The number of amides is 1. The Morgan fingerprint density at radius 2 is 1.65 bits per heavy atom. The number of methoxy groups -OCH3 is 4. The van der Waals surface area contributed by atoms with E-state index in [1.54, 1.807) is 58.0 Å². The first-order chi connectivity index (χ1) is 16.6. The third-order valence-corrected chi connectivity index (χ3v) is 6.97. The highest BCUT2D eigenvalue weighted by Gasteiger charge is 2.22. The maximum absolute atomic E-state index is 12.5. The Hall–Kier alpha value is -3.24. The molecule has 3 aromatic rings. The summed E-state index contributed by atoms with van der Waals surface area (Å²) in [6.45, 7) is 4.93. The summed E-state index contributed by atoms with van der Waals surface area (Å²) in [6, 6.07) is 9.10. The number of nitrogens with one attached hydrogen (secondary N) is 1. The Labute approximate surface area is 203 Å². The molecule has 0 unspecified atom stereocenters. The zero-order valence-corrected chi connectivity index (χ0v) is 20.7. The van der Waals surface area contributed by atoms with Crippen LogP contribution in [0, 0.1) is 0 Å². The van der Waals surface area contributed by atoms with E-state index < -0.39 is 0 Å². The van der Waals surface area contributed by atoms with Crippen LogP contribution in [0.3, 0.4) is 0 Å². The van der Waals surface area contributed by atoms with Gasteiger partial charge in [0.25, 0.3) is 5.91 Å². The van der Waals surface area contributed by atoms with E-state index in [1.165, 1.54) is 0 Å². The Morgan fingerprint density at radius 3 is 2.32 bits per heavy atom. The number of piperazine rings is 1. The molecule has 1 aliphatic heterocycles. The number of hydrogen-bond acceptors (Lipinski definition) is 9. The van der Waals surface area contributed by atoms with Crippen LogP contribution in [0.5, 0.6) is 23.0 Å². The average molecular weight is 487 g/mol. The molecule has 9 nitrogen and oxygen atoms in total. The van der Waals surface area contributed by atoms with Crippen LogP contribution in [0.1, 0.15) is 10.4 Å². The molecule has 1 saturated heterocycles. The summed E-state index contributed by atoms with van der Waals surface area (Å²) < 4.78 is 22.5. The predicted octanol–water partition coefficient (Wildman–Crippen LogP) is 2.88. The van der Waals surface area contributed by atoms with Crippen molar-refractivity contribution in [1.82, 2.24) is 15.2 Å². The highest BCUT2D eigenvalue weighted by Crippen LogP contribution is 2.40. The molecule has 1 fully saturated rings. The summed E-state index contributed by atoms with van der Waals surface area (Å²) in [4.78, 5) is 22.0. The highest BCUT2D eigenvalue weighted by molar-refractivity contribution is 7.22. The van der Waals surface area contributed by atoms with Crippen LogP contribution in [-0.4, -0.2) is 83.5 Å². The Kier molecular flexibility index (Phi) is 7.59. The number of carbonyl (C=O) groups is 1. The van der Waals surface area contributed by atoms with Gasteiger partial charge in [-0.2, -0.15) is 0 Å². The number of aromatic nitrogens is 1. The molecule has 1 amide bonds. The van der Waals surface area contributed by atoms with Crippen molar-refractivity contribution in [2.45, 2.75) is 0 Å². The van der Waals surface area contributed by atoms with Crippen molar-refractivity contribution in [2.75, 3.05) is 72.6 Å². The van der Waals surface area contributed by atoms with E-state index >= 15 is 0 Å². The zero-order chi connectivity index (χ0) is 24.1. The fraction of sp³-hybridized carbons (Fsp3) is 0.417. The SMILES string of the molecule is COc1ccc(C(=O)NCCN2CCN(c3nc4c(OC)c(OC)ccc4s3)CC2)cc1OC. The second kappa shape index (κ2) is 10.8. The van der Waals surface area contributed by atoms with Gasteiger partial charge >= 0.3 is 0 Å². The molecule has 0 saturated carbocycles. The highest BCUT2D eigenvalue weighted by atomic mass is 32.1. The third-order valence-electron chi connectivity index (χ3n) is 5.89. The second-order valence-corrected chi connectivity index (χ2v) is 8.81. The number of thiazole rings is 1. The van der Waals surface area contributed by atoms with Gasteiger partial charge in [0.1, 0.15) is 5.52 Å². The molecule has 1 aliphatic rings. The smallest absolute Gasteiger partial charge is 0.251 e. The summed E-state index contributed by atoms with van der Waals surface area (Å²) in [6.07, 6.45) is 0. The summed E-state index contributed by atoms with van der Waals surface area (Å²) in [7, 11) is 6.40. The molecular formula is C24H30N4O5S. The van der Waals surface area contributed by atoms with Crippen molar-refractivity contribution in [3.8, 4) is 23.0 Å². The van der Waals surface area contributed by atoms with Crippen molar-refractivity contribution in [1.29, 1.82) is 0 Å². The molecule has 0 spiro atoms. The Balaban J connectivity index is 1.29. The normalized spacial score (nSPS) is 14.2. The van der Waals surface area contributed by atoms with E-state index in [-0.39, 0.29) is 5.91 Å². The molecule has 0 aliphatic carbocycles. The molecule has 0 bridgehead atoms. The zero-order valence-electron chi connectivity index (χ0n) is 19.9. The van der Waals surface area contributed by atoms with Gasteiger partial charge in [0.2, 0.25) is 0 Å². The van der Waals surface area contributed by atoms with Crippen molar-refractivity contribution in [3.05, 3.63) is 35.9 Å². The van der Waals surface area contributed by atoms with Crippen LogP contribution in [-0.2, 0) is 0 Å². The van der Waals surface area contributed by atoms with Crippen LogP contribution >= 0.6 is 11.3 Å². The lowest BCUT2D eigenvalue weighted by molar-refractivity contribution is 0.0947. The van der Waals surface area contributed by atoms with Crippen LogP contribution < -0.4 is 29.2 Å². The van der Waals surface area contributed by atoms with E-state index in [1.807, 2.05) is 12.1 Å². The van der Waals surface area contributed by atoms with Crippen LogP contribution in [0.25, 0.3) is 10.2 Å². The average Bonchev–Trinajstić information content (AvgIpc) is 3.32. The van der Waals surface area contributed by atoms with Gasteiger partial charge in [0.15, 0.2) is 28.1 Å². The van der Waals surface area contributed by atoms with Crippen LogP contribution in [0.2, 0.25) is 0 Å². The van der Waals surface area contributed by atoms with Crippen molar-refractivity contribution in [2.24, 2.45) is 0 Å². The molecule has 34 heavy (non-hydrogen) atoms. The van der Waals surface area contributed by atoms with Gasteiger partial charge in [-0.1, -0.05) is 11.3 Å². The Bertz CT molecular complexity index is 1140. The van der Waals surface area contributed by atoms with Gasteiger partial charge in [-0.15, -0.1) is 0 Å². The second-order valence-electron chi connectivity index (χ2n) is 7.80. The van der Waals surface area contributed by atoms with Crippen molar-refractivity contribution >= 4 is 32.6 Å². The van der Waals surface area contributed by atoms with Crippen LogP contribution in [0.15, 0.2) is 30.3 Å². The molecule has 1 N–H and O–H groups in total. The molecule has 182 valence electrons. The lowest BCUT2D eigenvalue weighted by atomic mass is 10.2. The molecule has 0 radical (unpaired) electrons. The first kappa shape index (κ1) is 23.9. The maximum atomic E-state index is 12.5. The fourth-order valence-electron chi connectivity index (χ4n) is 4.00. The molecule has 4 rings (SSSR count). The van der Waals surface area contributed by atoms with E-state index in [4.69, 9.17) is 23.9 Å². The van der Waals surface area contributed by atoms with Gasteiger partial charge in [-0.05, 0) is 30.3 Å². The summed E-state index contributed by atoms with van der Waals surface area (Å²) in [5.74, 6) is 2.37. The fourth-order valence-corrected chi connectivity index (χ4v) is 5.02. The van der Waals surface area contributed by atoms with E-state index in [9.17, 15) is 4.79 Å². The number of fused-ring (bicyclic) bond motifs is 1. The third kappa shape index (κ3) is 4.97. The van der Waals surface area contributed by atoms with Gasteiger partial charge in [-0.3, -0.25) is 9.69 Å². The first-order valence-corrected chi connectivity index (χ1v) is 11.9. The standard InChI is InChI=1S/C24H30N4O5S/c1-30-17-6-5-16(15-19(17)32-3)23(29)25-9-10-27-11-13-28(14-12-27)24-26-21-20(34-24)8-7-18(31-2)22(21)33-4/h5-8,15H,9-14H2,1-4H3,(H,25,29). The van der Waals surface area contributed by atoms with Gasteiger partial charge in [0, 0.05) is 44.8 Å². The monoisotopic (exact) mass is 486 g/mol. The minimum absolute atomic E-state index is 0.126. The van der Waals surface area contributed by atoms with Crippen molar-refractivity contribution < 1.29 is 23.7 Å². The number of ether oxygens (including phenoxy) is 4. The van der Waals surface area contributed by atoms with E-state index in [0.717, 1.165) is 48.1 Å². The number of nitrogens with zero attached hydrogens (tertiary/aromatic N) is 3. The van der Waals surface area contributed by atoms with E-state index in [0.29, 0.717) is 35.1 Å². The largest absolute Gasteiger partial charge is 0.493 e. The Morgan fingerprint density at radius 1 is 0.941 bits per heavy atom. The molecule has 1 aromatic heterocycles. The summed E-state index contributed by atoms with van der Waals surface area (Å²) >= 11 is 1.66. The summed E-state index contributed by atoms with van der Waals surface area (Å²) in [5, 5.41) is 3.98. The lowest BCUT2D eigenvalue weighted by Crippen LogP contribution is -2.48. The lowest BCUT2D eigenvalue weighted by Gasteiger charge is -2.34. The molecule has 2 heterocycles. The number of rotatable bonds is 9. The van der Waals surface area contributed by atoms with Gasteiger partial charge < -0.3 is 29.2 Å². The molecule has 2 aromatic carbocycles.